The van der Waals surface area contributed by atoms with Gasteiger partial charge >= 0.3 is 67.5 Å². The van der Waals surface area contributed by atoms with Gasteiger partial charge in [-0.15, -0.1) is 0 Å². The van der Waals surface area contributed by atoms with E-state index in [4.69, 9.17) is 2.69 Å². The molecule has 0 aromatic carbocycles. The molecule has 0 fully saturated rings. The summed E-state index contributed by atoms with van der Waals surface area (Å²) < 4.78 is 5.19. The van der Waals surface area contributed by atoms with Gasteiger partial charge in [0.05, 0.1) is 0 Å². The first-order chi connectivity index (χ1) is 3.66. The average molecular weight is 310 g/mol. The Morgan fingerprint density at radius 3 is 2.25 bits per heavy atom. The van der Waals surface area contributed by atoms with Gasteiger partial charge in [-0.2, -0.15) is 0 Å². The van der Waals surface area contributed by atoms with Crippen molar-refractivity contribution in [1.82, 2.24) is 4.90 Å². The van der Waals surface area contributed by atoms with Crippen molar-refractivity contribution >= 4 is 26.2 Å². The molecule has 0 heterocycles. The number of likely N-dealkylation sites (N-methyl/N-ethyl adjacent to an activating group) is 1. The van der Waals surface area contributed by atoms with Crippen molar-refractivity contribution in [3.63, 3.8) is 0 Å². The van der Waals surface area contributed by atoms with Gasteiger partial charge in [0.2, 0.25) is 0 Å². The van der Waals surface area contributed by atoms with E-state index >= 15 is 0 Å². The maximum atomic E-state index is 5.19. The molecular formula is C5H13NOPb. The van der Waals surface area contributed by atoms with Crippen molar-refractivity contribution < 1.29 is 2.69 Å². The van der Waals surface area contributed by atoms with Crippen LogP contribution in [-0.2, 0) is 2.69 Å². The van der Waals surface area contributed by atoms with E-state index in [0.717, 1.165) is 6.54 Å². The fraction of sp³-hybridized carbons (Fsp3) is 1.00. The van der Waals surface area contributed by atoms with Crippen molar-refractivity contribution in [3.05, 3.63) is 0 Å². The second kappa shape index (κ2) is 4.70. The molecule has 2 radical (unpaired) electrons. The van der Waals surface area contributed by atoms with Crippen LogP contribution in [0.2, 0.25) is 0 Å². The summed E-state index contributed by atoms with van der Waals surface area (Å²) in [6, 6.07) is 0. The monoisotopic (exact) mass is 311 g/mol. The average Bonchev–Trinajstić information content (AvgIpc) is 1.65. The standard InChI is InChI=1S/C5H12NO.Pb.H/c1-5(7)4-6(2)3;;/h5H,4H2,1-3H3;;/q-1;+1;. The third kappa shape index (κ3) is 4.99. The van der Waals surface area contributed by atoms with Crippen LogP contribution in [0.4, 0.5) is 0 Å². The molecule has 8 heavy (non-hydrogen) atoms. The molecule has 0 aromatic heterocycles. The molecule has 0 aliphatic rings. The van der Waals surface area contributed by atoms with E-state index in [1.165, 1.54) is 0 Å². The summed E-state index contributed by atoms with van der Waals surface area (Å²) in [5, 5.41) is 0. The van der Waals surface area contributed by atoms with Crippen molar-refractivity contribution in [2.75, 3.05) is 20.6 Å². The summed E-state index contributed by atoms with van der Waals surface area (Å²) in [5.74, 6) is 0. The first kappa shape index (κ1) is 8.84. The van der Waals surface area contributed by atoms with Gasteiger partial charge in [-0.05, 0) is 0 Å². The van der Waals surface area contributed by atoms with Crippen LogP contribution in [0.5, 0.6) is 0 Å². The molecule has 0 aliphatic carbocycles. The van der Waals surface area contributed by atoms with Crippen LogP contribution < -0.4 is 0 Å². The molecular weight excluding hydrogens is 297 g/mol. The van der Waals surface area contributed by atoms with Crippen LogP contribution in [0.25, 0.3) is 0 Å². The van der Waals surface area contributed by atoms with Gasteiger partial charge < -0.3 is 0 Å². The summed E-state index contributed by atoms with van der Waals surface area (Å²) in [6.07, 6.45) is 0.426. The molecule has 0 bridgehead atoms. The maximum absolute atomic E-state index is 5.19. The normalized spacial score (nSPS) is 14.6. The van der Waals surface area contributed by atoms with Gasteiger partial charge in [0.1, 0.15) is 0 Å². The Bertz CT molecular complexity index is 58.4. The summed E-state index contributed by atoms with van der Waals surface area (Å²) >= 11 is 0.676. The molecule has 1 unspecified atom stereocenters. The Morgan fingerprint density at radius 1 is 1.62 bits per heavy atom. The van der Waals surface area contributed by atoms with Crippen LogP contribution in [-0.4, -0.2) is 57.9 Å². The molecule has 0 rings (SSSR count). The number of hydrogen-bond acceptors (Lipinski definition) is 2. The Labute approximate surface area is 67.5 Å². The fourth-order valence-corrected chi connectivity index (χ4v) is 0.892. The van der Waals surface area contributed by atoms with Gasteiger partial charge in [0.15, 0.2) is 0 Å². The molecule has 0 N–H and O–H groups in total. The third-order valence-electron chi connectivity index (χ3n) is 0.855. The van der Waals surface area contributed by atoms with E-state index < -0.39 is 0 Å². The minimum atomic E-state index is 0.426. The SMILES string of the molecule is CC(CN(C)C)[O][PbH]. The predicted octanol–water partition coefficient (Wildman–Crippen LogP) is -0.231. The summed E-state index contributed by atoms with van der Waals surface area (Å²) in [5.41, 5.74) is 0. The molecule has 0 aliphatic heterocycles. The van der Waals surface area contributed by atoms with Crippen LogP contribution in [0.1, 0.15) is 6.92 Å². The molecule has 2 nitrogen and oxygen atoms in total. The molecule has 0 spiro atoms. The van der Waals surface area contributed by atoms with E-state index in [1.54, 1.807) is 0 Å². The van der Waals surface area contributed by atoms with E-state index in [9.17, 15) is 0 Å². The van der Waals surface area contributed by atoms with Crippen molar-refractivity contribution in [2.24, 2.45) is 0 Å². The third-order valence-corrected chi connectivity index (χ3v) is 2.66. The van der Waals surface area contributed by atoms with Gasteiger partial charge in [-0.3, -0.25) is 0 Å². The molecule has 0 saturated heterocycles. The molecule has 1 atom stereocenters. The van der Waals surface area contributed by atoms with Crippen LogP contribution in [0, 0.1) is 0 Å². The van der Waals surface area contributed by atoms with E-state index in [0.29, 0.717) is 32.3 Å². The van der Waals surface area contributed by atoms with E-state index in [-0.39, 0.29) is 0 Å². The van der Waals surface area contributed by atoms with Crippen LogP contribution >= 0.6 is 0 Å². The fourth-order valence-electron chi connectivity index (χ4n) is 0.557. The van der Waals surface area contributed by atoms with Crippen molar-refractivity contribution in [3.8, 4) is 0 Å². The second-order valence-corrected chi connectivity index (χ2v) is 3.27. The first-order valence-corrected chi connectivity index (χ1v) is 4.50. The van der Waals surface area contributed by atoms with E-state index in [1.807, 2.05) is 0 Å². The zero-order valence-electron chi connectivity index (χ0n) is 5.72. The number of rotatable bonds is 3. The Morgan fingerprint density at radius 2 is 2.12 bits per heavy atom. The molecule has 3 heteroatoms. The van der Waals surface area contributed by atoms with Crippen molar-refractivity contribution in [1.29, 1.82) is 0 Å². The second-order valence-electron chi connectivity index (χ2n) is 2.21. The molecule has 0 saturated carbocycles. The van der Waals surface area contributed by atoms with Gasteiger partial charge in [-0.1, -0.05) is 0 Å². The van der Waals surface area contributed by atoms with Gasteiger partial charge in [0, 0.05) is 0 Å². The van der Waals surface area contributed by atoms with Gasteiger partial charge in [0.25, 0.3) is 0 Å². The first-order valence-electron chi connectivity index (χ1n) is 2.67. The van der Waals surface area contributed by atoms with E-state index in [2.05, 4.69) is 25.9 Å². The summed E-state index contributed by atoms with van der Waals surface area (Å²) in [6.45, 7) is 3.14. The summed E-state index contributed by atoms with van der Waals surface area (Å²) in [7, 11) is 4.11. The Hall–Kier alpha value is 0.842. The van der Waals surface area contributed by atoms with Crippen molar-refractivity contribution in [2.45, 2.75) is 13.0 Å². The Kier molecular flexibility index (Phi) is 5.19. The van der Waals surface area contributed by atoms with Crippen LogP contribution in [0.15, 0.2) is 0 Å². The predicted molar refractivity (Wildman–Crippen MR) is 36.2 cm³/mol. The number of hydrogen-bond donors (Lipinski definition) is 0. The zero-order valence-corrected chi connectivity index (χ0v) is 10.2. The summed E-state index contributed by atoms with van der Waals surface area (Å²) in [4.78, 5) is 2.13. The molecule has 0 amide bonds. The van der Waals surface area contributed by atoms with Crippen LogP contribution in [0.3, 0.4) is 0 Å². The minimum absolute atomic E-state index is 0.426. The quantitative estimate of drug-likeness (QED) is 0.668. The topological polar surface area (TPSA) is 12.5 Å². The van der Waals surface area contributed by atoms with Gasteiger partial charge in [-0.25, -0.2) is 0 Å². The molecule has 0 aromatic rings. The Balaban J connectivity index is 3.10. The zero-order chi connectivity index (χ0) is 6.57. The number of nitrogens with zero attached hydrogens (tertiary/aromatic N) is 1. The molecule has 48 valence electrons.